The first-order valence-corrected chi connectivity index (χ1v) is 6.82. The molecular formula is C14H16N2OS. The third-order valence-corrected chi connectivity index (χ3v) is 3.40. The molecule has 4 heteroatoms. The Morgan fingerprint density at radius 2 is 2.06 bits per heavy atom. The number of nitrogens with two attached hydrogens (primary N) is 1. The lowest BCUT2D eigenvalue weighted by Crippen LogP contribution is -2.35. The van der Waals surface area contributed by atoms with Crippen molar-refractivity contribution in [3.63, 3.8) is 0 Å². The summed E-state index contributed by atoms with van der Waals surface area (Å²) in [5.41, 5.74) is 7.90. The summed E-state index contributed by atoms with van der Waals surface area (Å²) in [6.45, 7) is 0. The number of carbonyl (C=O) groups excluding carboxylic acids is 1. The summed E-state index contributed by atoms with van der Waals surface area (Å²) in [6, 6.07) is 11.5. The van der Waals surface area contributed by atoms with Crippen LogP contribution in [0.2, 0.25) is 0 Å². The summed E-state index contributed by atoms with van der Waals surface area (Å²) in [4.78, 5) is 11.8. The molecule has 3 nitrogen and oxygen atoms in total. The molecule has 0 fully saturated rings. The number of hydrogen-bond acceptors (Lipinski definition) is 3. The maximum atomic E-state index is 11.8. The minimum Gasteiger partial charge on any atom is -0.324 e. The van der Waals surface area contributed by atoms with Crippen LogP contribution >= 0.6 is 11.3 Å². The Hall–Kier alpha value is -1.65. The molecule has 1 aromatic carbocycles. The molecule has 2 rings (SSSR count). The van der Waals surface area contributed by atoms with Crippen LogP contribution in [-0.2, 0) is 11.2 Å². The van der Waals surface area contributed by atoms with E-state index < -0.39 is 6.04 Å². The minimum atomic E-state index is -0.467. The Kier molecular flexibility index (Phi) is 4.50. The highest BCUT2D eigenvalue weighted by atomic mass is 32.1. The maximum absolute atomic E-state index is 11.8. The van der Waals surface area contributed by atoms with Gasteiger partial charge in [-0.15, -0.1) is 0 Å². The van der Waals surface area contributed by atoms with Gasteiger partial charge >= 0.3 is 0 Å². The van der Waals surface area contributed by atoms with Crippen LogP contribution in [0.4, 0.5) is 5.69 Å². The van der Waals surface area contributed by atoms with Crippen molar-refractivity contribution in [1.82, 2.24) is 0 Å². The van der Waals surface area contributed by atoms with Crippen molar-refractivity contribution in [2.24, 2.45) is 5.73 Å². The topological polar surface area (TPSA) is 55.1 Å². The van der Waals surface area contributed by atoms with Gasteiger partial charge in [0.05, 0.1) is 11.7 Å². The van der Waals surface area contributed by atoms with E-state index in [0.29, 0.717) is 6.42 Å². The fourth-order valence-electron chi connectivity index (χ4n) is 1.67. The van der Waals surface area contributed by atoms with Crippen molar-refractivity contribution < 1.29 is 4.79 Å². The Labute approximate surface area is 111 Å². The Morgan fingerprint density at radius 3 is 2.72 bits per heavy atom. The number of hydrogen-bond donors (Lipinski definition) is 2. The average molecular weight is 260 g/mol. The molecule has 1 unspecified atom stereocenters. The highest BCUT2D eigenvalue weighted by molar-refractivity contribution is 7.08. The lowest BCUT2D eigenvalue weighted by molar-refractivity contribution is -0.117. The van der Waals surface area contributed by atoms with Crippen LogP contribution in [0.5, 0.6) is 0 Å². The van der Waals surface area contributed by atoms with E-state index in [9.17, 15) is 4.79 Å². The summed E-state index contributed by atoms with van der Waals surface area (Å²) < 4.78 is 0. The van der Waals surface area contributed by atoms with Gasteiger partial charge in [-0.1, -0.05) is 30.3 Å². The van der Waals surface area contributed by atoms with Gasteiger partial charge in [0, 0.05) is 5.38 Å². The smallest absolute Gasteiger partial charge is 0.241 e. The van der Waals surface area contributed by atoms with Gasteiger partial charge in [0.15, 0.2) is 0 Å². The molecule has 18 heavy (non-hydrogen) atoms. The highest BCUT2D eigenvalue weighted by Gasteiger charge is 2.13. The standard InChI is InChI=1S/C14H16N2OS/c15-13(7-6-11-4-2-1-3-5-11)14(17)16-12-8-9-18-10-12/h1-5,8-10,13H,6-7,15H2,(H,16,17). The van der Waals surface area contributed by atoms with E-state index >= 15 is 0 Å². The zero-order valence-electron chi connectivity index (χ0n) is 10.0. The predicted octanol–water partition coefficient (Wildman–Crippen LogP) is 2.65. The second-order valence-electron chi connectivity index (χ2n) is 4.13. The first-order chi connectivity index (χ1) is 8.75. The van der Waals surface area contributed by atoms with Crippen molar-refractivity contribution in [2.75, 3.05) is 5.32 Å². The van der Waals surface area contributed by atoms with Gasteiger partial charge in [-0.05, 0) is 29.9 Å². The molecule has 0 saturated carbocycles. The molecule has 0 spiro atoms. The molecule has 0 bridgehead atoms. The molecule has 94 valence electrons. The molecule has 3 N–H and O–H groups in total. The third kappa shape index (κ3) is 3.68. The van der Waals surface area contributed by atoms with Crippen LogP contribution in [0.25, 0.3) is 0 Å². The van der Waals surface area contributed by atoms with Gasteiger partial charge in [-0.2, -0.15) is 11.3 Å². The van der Waals surface area contributed by atoms with E-state index in [0.717, 1.165) is 12.1 Å². The first-order valence-electron chi connectivity index (χ1n) is 5.88. The van der Waals surface area contributed by atoms with E-state index in [1.54, 1.807) is 11.3 Å². The van der Waals surface area contributed by atoms with Crippen LogP contribution in [0.1, 0.15) is 12.0 Å². The summed E-state index contributed by atoms with van der Waals surface area (Å²) in [7, 11) is 0. The lowest BCUT2D eigenvalue weighted by atomic mass is 10.1. The van der Waals surface area contributed by atoms with Crippen LogP contribution in [0.3, 0.4) is 0 Å². The number of benzene rings is 1. The normalized spacial score (nSPS) is 12.1. The van der Waals surface area contributed by atoms with E-state index in [4.69, 9.17) is 5.73 Å². The van der Waals surface area contributed by atoms with E-state index in [-0.39, 0.29) is 5.91 Å². The Morgan fingerprint density at radius 1 is 1.28 bits per heavy atom. The maximum Gasteiger partial charge on any atom is 0.241 e. The molecule has 1 amide bonds. The van der Waals surface area contributed by atoms with Gasteiger partial charge in [-0.25, -0.2) is 0 Å². The number of aryl methyl sites for hydroxylation is 1. The van der Waals surface area contributed by atoms with Crippen molar-refractivity contribution >= 4 is 22.9 Å². The minimum absolute atomic E-state index is 0.121. The molecule has 1 aromatic heterocycles. The second kappa shape index (κ2) is 6.33. The summed E-state index contributed by atoms with van der Waals surface area (Å²) >= 11 is 1.55. The zero-order valence-corrected chi connectivity index (χ0v) is 10.8. The predicted molar refractivity (Wildman–Crippen MR) is 75.7 cm³/mol. The van der Waals surface area contributed by atoms with Gasteiger partial charge < -0.3 is 11.1 Å². The van der Waals surface area contributed by atoms with Crippen molar-refractivity contribution in [3.05, 3.63) is 52.7 Å². The monoisotopic (exact) mass is 260 g/mol. The fraction of sp³-hybridized carbons (Fsp3) is 0.214. The lowest BCUT2D eigenvalue weighted by Gasteiger charge is -2.11. The second-order valence-corrected chi connectivity index (χ2v) is 4.91. The average Bonchev–Trinajstić information content (AvgIpc) is 2.90. The number of anilines is 1. The Balaban J connectivity index is 1.81. The number of nitrogens with one attached hydrogen (secondary N) is 1. The third-order valence-electron chi connectivity index (χ3n) is 2.71. The van der Waals surface area contributed by atoms with Crippen LogP contribution < -0.4 is 11.1 Å². The van der Waals surface area contributed by atoms with Crippen molar-refractivity contribution in [1.29, 1.82) is 0 Å². The van der Waals surface area contributed by atoms with E-state index in [1.807, 2.05) is 47.2 Å². The molecule has 0 radical (unpaired) electrons. The fourth-order valence-corrected chi connectivity index (χ4v) is 2.26. The summed E-state index contributed by atoms with van der Waals surface area (Å²) in [5, 5.41) is 6.62. The number of carbonyl (C=O) groups is 1. The molecule has 0 aliphatic heterocycles. The SMILES string of the molecule is NC(CCc1ccccc1)C(=O)Nc1ccsc1. The first kappa shape index (κ1) is 12.8. The molecule has 1 atom stereocenters. The van der Waals surface area contributed by atoms with E-state index in [1.165, 1.54) is 5.56 Å². The van der Waals surface area contributed by atoms with Gasteiger partial charge in [0.2, 0.25) is 5.91 Å². The van der Waals surface area contributed by atoms with Crippen molar-refractivity contribution in [3.8, 4) is 0 Å². The number of amides is 1. The molecular weight excluding hydrogens is 244 g/mol. The van der Waals surface area contributed by atoms with Crippen LogP contribution in [0, 0.1) is 0 Å². The molecule has 2 aromatic rings. The molecule has 1 heterocycles. The molecule has 0 saturated heterocycles. The van der Waals surface area contributed by atoms with Gasteiger partial charge in [-0.3, -0.25) is 4.79 Å². The number of thiophene rings is 1. The van der Waals surface area contributed by atoms with Crippen LogP contribution in [0.15, 0.2) is 47.2 Å². The summed E-state index contributed by atoms with van der Waals surface area (Å²) in [6.07, 6.45) is 1.47. The van der Waals surface area contributed by atoms with Gasteiger partial charge in [0.25, 0.3) is 0 Å². The van der Waals surface area contributed by atoms with Crippen LogP contribution in [-0.4, -0.2) is 11.9 Å². The van der Waals surface area contributed by atoms with Crippen molar-refractivity contribution in [2.45, 2.75) is 18.9 Å². The zero-order chi connectivity index (χ0) is 12.8. The largest absolute Gasteiger partial charge is 0.324 e. The van der Waals surface area contributed by atoms with E-state index in [2.05, 4.69) is 5.32 Å². The molecule has 0 aliphatic carbocycles. The van der Waals surface area contributed by atoms with Gasteiger partial charge in [0.1, 0.15) is 0 Å². The summed E-state index contributed by atoms with van der Waals surface area (Å²) in [5.74, 6) is -0.121. The quantitative estimate of drug-likeness (QED) is 0.868. The highest BCUT2D eigenvalue weighted by Crippen LogP contribution is 2.12. The number of rotatable bonds is 5. The Bertz CT molecular complexity index is 482. The molecule has 0 aliphatic rings.